The summed E-state index contributed by atoms with van der Waals surface area (Å²) in [6.07, 6.45) is 0. The minimum atomic E-state index is -1.23. The van der Waals surface area contributed by atoms with Gasteiger partial charge in [-0.05, 0) is 22.6 Å². The lowest BCUT2D eigenvalue weighted by molar-refractivity contribution is -0.118. The van der Waals surface area contributed by atoms with E-state index in [9.17, 15) is 9.00 Å². The first-order chi connectivity index (χ1) is 10.2. The molecular formula is C15H17NO3S2. The summed E-state index contributed by atoms with van der Waals surface area (Å²) in [6.45, 7) is 0.480. The third-order valence-corrected chi connectivity index (χ3v) is 4.98. The zero-order valence-corrected chi connectivity index (χ0v) is 13.1. The van der Waals surface area contributed by atoms with Crippen molar-refractivity contribution in [3.05, 3.63) is 57.8 Å². The minimum absolute atomic E-state index is 0.00546. The van der Waals surface area contributed by atoms with Crippen LogP contribution in [0.1, 0.15) is 16.0 Å². The average Bonchev–Trinajstić information content (AvgIpc) is 2.99. The van der Waals surface area contributed by atoms with E-state index in [0.717, 1.165) is 16.0 Å². The number of carbonyl (C=O) groups excluding carboxylic acids is 1. The fraction of sp³-hybridized carbons (Fsp3) is 0.267. The van der Waals surface area contributed by atoms with Crippen LogP contribution in [0, 0.1) is 0 Å². The molecule has 1 heterocycles. The fourth-order valence-electron chi connectivity index (χ4n) is 1.77. The molecule has 112 valence electrons. The predicted octanol–water partition coefficient (Wildman–Crippen LogP) is 1.81. The minimum Gasteiger partial charge on any atom is -0.392 e. The summed E-state index contributed by atoms with van der Waals surface area (Å²) in [5, 5.41) is 13.7. The van der Waals surface area contributed by atoms with Gasteiger partial charge in [-0.15, -0.1) is 11.3 Å². The van der Waals surface area contributed by atoms with Crippen LogP contribution in [-0.4, -0.2) is 21.0 Å². The van der Waals surface area contributed by atoms with Gasteiger partial charge < -0.3 is 10.4 Å². The number of amides is 1. The van der Waals surface area contributed by atoms with Crippen LogP contribution < -0.4 is 5.32 Å². The summed E-state index contributed by atoms with van der Waals surface area (Å²) in [5.74, 6) is 0.152. The molecule has 2 aromatic rings. The monoisotopic (exact) mass is 323 g/mol. The molecule has 1 unspecified atom stereocenters. The van der Waals surface area contributed by atoms with E-state index < -0.39 is 10.8 Å². The van der Waals surface area contributed by atoms with Gasteiger partial charge >= 0.3 is 0 Å². The van der Waals surface area contributed by atoms with E-state index in [1.165, 1.54) is 0 Å². The van der Waals surface area contributed by atoms with Crippen molar-refractivity contribution in [3.63, 3.8) is 0 Å². The molecule has 21 heavy (non-hydrogen) atoms. The Bertz CT molecular complexity index is 594. The number of nitrogens with one attached hydrogen (secondary N) is 1. The molecule has 1 amide bonds. The van der Waals surface area contributed by atoms with Crippen LogP contribution in [0.3, 0.4) is 0 Å². The van der Waals surface area contributed by atoms with Crippen LogP contribution in [0.2, 0.25) is 0 Å². The van der Waals surface area contributed by atoms with Crippen LogP contribution >= 0.6 is 11.3 Å². The molecule has 1 aromatic carbocycles. The van der Waals surface area contributed by atoms with Crippen molar-refractivity contribution < 1.29 is 14.1 Å². The van der Waals surface area contributed by atoms with Crippen LogP contribution in [0.5, 0.6) is 0 Å². The van der Waals surface area contributed by atoms with Crippen molar-refractivity contribution in [2.45, 2.75) is 18.9 Å². The largest absolute Gasteiger partial charge is 0.392 e. The van der Waals surface area contributed by atoms with Crippen molar-refractivity contribution in [1.82, 2.24) is 5.32 Å². The molecule has 0 bridgehead atoms. The van der Waals surface area contributed by atoms with Crippen molar-refractivity contribution in [2.24, 2.45) is 0 Å². The third-order valence-electron chi connectivity index (χ3n) is 2.87. The maximum absolute atomic E-state index is 11.9. The van der Waals surface area contributed by atoms with Crippen LogP contribution in [0.25, 0.3) is 0 Å². The summed E-state index contributed by atoms with van der Waals surface area (Å²) in [4.78, 5) is 12.8. The van der Waals surface area contributed by atoms with E-state index in [1.54, 1.807) is 23.5 Å². The van der Waals surface area contributed by atoms with Gasteiger partial charge in [0.25, 0.3) is 0 Å². The molecule has 0 radical (unpaired) electrons. The van der Waals surface area contributed by atoms with Gasteiger partial charge in [-0.2, -0.15) is 0 Å². The highest BCUT2D eigenvalue weighted by molar-refractivity contribution is 7.84. The molecule has 0 saturated carbocycles. The molecule has 0 aliphatic rings. The van der Waals surface area contributed by atoms with Gasteiger partial charge in [0, 0.05) is 21.4 Å². The normalized spacial score (nSPS) is 12.0. The summed E-state index contributed by atoms with van der Waals surface area (Å²) in [5.41, 5.74) is 1.72. The molecule has 4 nitrogen and oxygen atoms in total. The number of hydrogen-bond acceptors (Lipinski definition) is 4. The number of aliphatic hydroxyl groups excluding tert-OH is 1. The number of carbonyl (C=O) groups is 1. The summed E-state index contributed by atoms with van der Waals surface area (Å²) in [6, 6.07) is 11.1. The van der Waals surface area contributed by atoms with E-state index >= 15 is 0 Å². The topological polar surface area (TPSA) is 66.4 Å². The smallest absolute Gasteiger partial charge is 0.232 e. The first-order valence-electron chi connectivity index (χ1n) is 6.50. The van der Waals surface area contributed by atoms with Crippen LogP contribution in [0.4, 0.5) is 0 Å². The Balaban J connectivity index is 1.76. The highest BCUT2D eigenvalue weighted by atomic mass is 32.2. The van der Waals surface area contributed by atoms with Gasteiger partial charge in [-0.3, -0.25) is 9.00 Å². The Morgan fingerprint density at radius 3 is 2.52 bits per heavy atom. The molecule has 1 aromatic heterocycles. The van der Waals surface area contributed by atoms with Gasteiger partial charge in [-0.25, -0.2) is 0 Å². The predicted molar refractivity (Wildman–Crippen MR) is 85.2 cm³/mol. The lowest BCUT2D eigenvalue weighted by atomic mass is 10.2. The molecule has 0 aliphatic carbocycles. The molecule has 0 saturated heterocycles. The molecule has 0 fully saturated rings. The molecule has 0 aliphatic heterocycles. The van der Waals surface area contributed by atoms with E-state index in [-0.39, 0.29) is 18.3 Å². The maximum Gasteiger partial charge on any atom is 0.232 e. The standard InChI is InChI=1S/C15H17NO3S2/c17-9-12-3-5-13(6-4-12)10-21(19)11-15(18)16-8-14-2-1-7-20-14/h1-7,17H,8-11H2,(H,16,18). The van der Waals surface area contributed by atoms with Gasteiger partial charge in [-0.1, -0.05) is 30.3 Å². The highest BCUT2D eigenvalue weighted by Crippen LogP contribution is 2.08. The quantitative estimate of drug-likeness (QED) is 0.816. The molecule has 2 rings (SSSR count). The second-order valence-corrected chi connectivity index (χ2v) is 7.05. The van der Waals surface area contributed by atoms with Gasteiger partial charge in [0.05, 0.1) is 13.2 Å². The third kappa shape index (κ3) is 5.41. The van der Waals surface area contributed by atoms with Crippen molar-refractivity contribution in [1.29, 1.82) is 0 Å². The Hall–Kier alpha value is -1.50. The molecule has 6 heteroatoms. The number of rotatable bonds is 7. The summed E-state index contributed by atoms with van der Waals surface area (Å²) in [7, 11) is -1.23. The first kappa shape index (κ1) is 15.9. The number of benzene rings is 1. The molecule has 2 N–H and O–H groups in total. The van der Waals surface area contributed by atoms with E-state index in [1.807, 2.05) is 29.6 Å². The summed E-state index contributed by atoms with van der Waals surface area (Å²) < 4.78 is 11.9. The number of aliphatic hydroxyl groups is 1. The summed E-state index contributed by atoms with van der Waals surface area (Å²) >= 11 is 1.58. The van der Waals surface area contributed by atoms with Gasteiger partial charge in [0.2, 0.25) is 5.91 Å². The van der Waals surface area contributed by atoms with E-state index in [0.29, 0.717) is 12.3 Å². The van der Waals surface area contributed by atoms with Crippen molar-refractivity contribution in [2.75, 3.05) is 5.75 Å². The van der Waals surface area contributed by atoms with Gasteiger partial charge in [0.15, 0.2) is 0 Å². The Labute approximate surface area is 130 Å². The zero-order chi connectivity index (χ0) is 15.1. The lowest BCUT2D eigenvalue weighted by Crippen LogP contribution is -2.27. The van der Waals surface area contributed by atoms with E-state index in [2.05, 4.69) is 5.32 Å². The Kier molecular flexibility index (Phi) is 6.10. The zero-order valence-electron chi connectivity index (χ0n) is 11.5. The lowest BCUT2D eigenvalue weighted by Gasteiger charge is -2.05. The highest BCUT2D eigenvalue weighted by Gasteiger charge is 2.09. The van der Waals surface area contributed by atoms with Crippen molar-refractivity contribution >= 4 is 28.0 Å². The second-order valence-electron chi connectivity index (χ2n) is 4.56. The van der Waals surface area contributed by atoms with Gasteiger partial charge in [0.1, 0.15) is 5.75 Å². The van der Waals surface area contributed by atoms with Crippen LogP contribution in [0.15, 0.2) is 41.8 Å². The first-order valence-corrected chi connectivity index (χ1v) is 8.87. The Morgan fingerprint density at radius 2 is 1.90 bits per heavy atom. The fourth-order valence-corrected chi connectivity index (χ4v) is 3.48. The molecule has 0 spiro atoms. The molecule has 1 atom stereocenters. The number of hydrogen-bond donors (Lipinski definition) is 2. The Morgan fingerprint density at radius 1 is 1.19 bits per heavy atom. The second kappa shape index (κ2) is 8.07. The van der Waals surface area contributed by atoms with E-state index in [4.69, 9.17) is 5.11 Å². The average molecular weight is 323 g/mol. The van der Waals surface area contributed by atoms with Crippen molar-refractivity contribution in [3.8, 4) is 0 Å². The molecular weight excluding hydrogens is 306 g/mol. The maximum atomic E-state index is 11.9. The number of thiophene rings is 1. The van der Waals surface area contributed by atoms with Crippen LogP contribution in [-0.2, 0) is 34.5 Å². The SMILES string of the molecule is O=C(CS(=O)Cc1ccc(CO)cc1)NCc1cccs1.